The quantitative estimate of drug-likeness (QED) is 0.151. The molecule has 1 aliphatic carbocycles. The number of nitrogens with two attached hydrogens (primary N) is 4. The minimum absolute atomic E-state index is 0.144. The second-order valence-electron chi connectivity index (χ2n) is 5.16. The van der Waals surface area contributed by atoms with Gasteiger partial charge in [-0.05, 0) is 19.8 Å². The number of hydrogen-bond acceptors (Lipinski definition) is 8. The number of amidine groups is 4. The van der Waals surface area contributed by atoms with E-state index in [0.717, 1.165) is 12.8 Å². The fraction of sp³-hybridized carbons (Fsp3) is 0.692. The van der Waals surface area contributed by atoms with Crippen LogP contribution in [-0.4, -0.2) is 44.2 Å². The van der Waals surface area contributed by atoms with Crippen molar-refractivity contribution in [3.63, 3.8) is 0 Å². The maximum absolute atomic E-state index is 8.01. The SMILES string of the molecule is CC(C)C(N)=NO.CC(N)=NO.CCC(N)=NO.NC(=NO)C1CC1. The van der Waals surface area contributed by atoms with Gasteiger partial charge in [-0.2, -0.15) is 0 Å². The summed E-state index contributed by atoms with van der Waals surface area (Å²) in [6.07, 6.45) is 2.79. The minimum atomic E-state index is 0.144. The van der Waals surface area contributed by atoms with Gasteiger partial charge in [-0.25, -0.2) is 0 Å². The lowest BCUT2D eigenvalue weighted by molar-refractivity contribution is 0.315. The molecule has 0 aromatic carbocycles. The Morgan fingerprint density at radius 3 is 1.40 bits per heavy atom. The normalized spacial score (nSPS) is 15.1. The highest BCUT2D eigenvalue weighted by Gasteiger charge is 2.25. The Morgan fingerprint density at radius 1 is 0.920 bits per heavy atom. The molecule has 1 aliphatic rings. The summed E-state index contributed by atoms with van der Waals surface area (Å²) in [6.45, 7) is 7.03. The number of nitrogens with zero attached hydrogens (tertiary/aromatic N) is 4. The van der Waals surface area contributed by atoms with Crippen molar-refractivity contribution in [3.05, 3.63) is 0 Å². The third kappa shape index (κ3) is 23.5. The molecule has 0 unspecified atom stereocenters. The van der Waals surface area contributed by atoms with Crippen molar-refractivity contribution in [1.82, 2.24) is 0 Å². The minimum Gasteiger partial charge on any atom is -0.409 e. The van der Waals surface area contributed by atoms with Crippen molar-refractivity contribution in [2.75, 3.05) is 0 Å². The predicted octanol–water partition coefficient (Wildman–Crippen LogP) is 0.427. The van der Waals surface area contributed by atoms with E-state index in [1.807, 2.05) is 20.8 Å². The van der Waals surface area contributed by atoms with Crippen LogP contribution in [0.25, 0.3) is 0 Å². The molecule has 12 heteroatoms. The highest BCUT2D eigenvalue weighted by molar-refractivity contribution is 5.84. The van der Waals surface area contributed by atoms with Crippen LogP contribution in [0.5, 0.6) is 0 Å². The molecule has 1 rings (SSSR count). The van der Waals surface area contributed by atoms with Crippen LogP contribution in [0.2, 0.25) is 0 Å². The van der Waals surface area contributed by atoms with Gasteiger partial charge in [0.2, 0.25) is 0 Å². The molecule has 0 amide bonds. The molecule has 12 N–H and O–H groups in total. The summed E-state index contributed by atoms with van der Waals surface area (Å²) < 4.78 is 0. The Kier molecular flexibility index (Phi) is 18.8. The molecule has 0 saturated heterocycles. The average molecular weight is 364 g/mol. The predicted molar refractivity (Wildman–Crippen MR) is 97.2 cm³/mol. The molecule has 0 aliphatic heterocycles. The molecular weight excluding hydrogens is 332 g/mol. The van der Waals surface area contributed by atoms with Gasteiger partial charge >= 0.3 is 0 Å². The molecule has 0 aromatic heterocycles. The molecule has 0 aromatic rings. The number of hydrogen-bond donors (Lipinski definition) is 8. The van der Waals surface area contributed by atoms with E-state index >= 15 is 0 Å². The fourth-order valence-electron chi connectivity index (χ4n) is 0.647. The Hall–Kier alpha value is -2.92. The Bertz CT molecular complexity index is 425. The van der Waals surface area contributed by atoms with Crippen molar-refractivity contribution in [3.8, 4) is 0 Å². The van der Waals surface area contributed by atoms with Gasteiger partial charge in [-0.1, -0.05) is 41.4 Å². The zero-order chi connectivity index (χ0) is 20.4. The zero-order valence-corrected chi connectivity index (χ0v) is 15.2. The van der Waals surface area contributed by atoms with Crippen molar-refractivity contribution in [2.45, 2.75) is 47.0 Å². The number of rotatable bonds is 3. The van der Waals surface area contributed by atoms with Gasteiger partial charge in [0.1, 0.15) is 23.3 Å². The molecule has 0 atom stereocenters. The third-order valence-electron chi connectivity index (χ3n) is 2.47. The maximum atomic E-state index is 8.01. The van der Waals surface area contributed by atoms with E-state index in [9.17, 15) is 0 Å². The molecule has 0 radical (unpaired) electrons. The van der Waals surface area contributed by atoms with Gasteiger partial charge in [-0.15, -0.1) is 0 Å². The maximum Gasteiger partial charge on any atom is 0.142 e. The summed E-state index contributed by atoms with van der Waals surface area (Å²) in [5.74, 6) is 1.66. The van der Waals surface area contributed by atoms with Crippen LogP contribution in [0.1, 0.15) is 47.0 Å². The van der Waals surface area contributed by atoms with Gasteiger partial charge < -0.3 is 43.8 Å². The fourth-order valence-corrected chi connectivity index (χ4v) is 0.647. The second kappa shape index (κ2) is 17.4. The molecule has 0 heterocycles. The molecule has 0 spiro atoms. The molecule has 148 valence electrons. The van der Waals surface area contributed by atoms with E-state index in [-0.39, 0.29) is 23.4 Å². The average Bonchev–Trinajstić information content (AvgIpc) is 3.46. The van der Waals surface area contributed by atoms with E-state index < -0.39 is 0 Å². The van der Waals surface area contributed by atoms with Crippen molar-refractivity contribution in [2.24, 2.45) is 55.4 Å². The molecular formula is C13H32N8O4. The van der Waals surface area contributed by atoms with Gasteiger partial charge in [0, 0.05) is 18.3 Å². The van der Waals surface area contributed by atoms with E-state index in [4.69, 9.17) is 43.8 Å². The summed E-state index contributed by atoms with van der Waals surface area (Å²) in [4.78, 5) is 0. The van der Waals surface area contributed by atoms with Gasteiger partial charge in [-0.3, -0.25) is 0 Å². The monoisotopic (exact) mass is 364 g/mol. The molecule has 1 saturated carbocycles. The van der Waals surface area contributed by atoms with Crippen LogP contribution >= 0.6 is 0 Å². The van der Waals surface area contributed by atoms with E-state index in [0.29, 0.717) is 18.2 Å². The lowest BCUT2D eigenvalue weighted by Gasteiger charge is -1.96. The van der Waals surface area contributed by atoms with Gasteiger partial charge in [0.15, 0.2) is 0 Å². The second-order valence-corrected chi connectivity index (χ2v) is 5.16. The van der Waals surface area contributed by atoms with E-state index in [1.54, 1.807) is 0 Å². The molecule has 25 heavy (non-hydrogen) atoms. The van der Waals surface area contributed by atoms with E-state index in [1.165, 1.54) is 6.92 Å². The van der Waals surface area contributed by atoms with Crippen molar-refractivity contribution in [1.29, 1.82) is 0 Å². The highest BCUT2D eigenvalue weighted by atomic mass is 16.4. The van der Waals surface area contributed by atoms with Crippen LogP contribution in [0.15, 0.2) is 20.6 Å². The van der Waals surface area contributed by atoms with Gasteiger partial charge in [0.25, 0.3) is 0 Å². The molecule has 12 nitrogen and oxygen atoms in total. The summed E-state index contributed by atoms with van der Waals surface area (Å²) in [5, 5.41) is 42.3. The lowest BCUT2D eigenvalue weighted by atomic mass is 10.2. The Balaban J connectivity index is -0.000000261. The third-order valence-corrected chi connectivity index (χ3v) is 2.47. The first kappa shape index (κ1) is 27.0. The van der Waals surface area contributed by atoms with Crippen LogP contribution in [0.3, 0.4) is 0 Å². The summed E-state index contributed by atoms with van der Waals surface area (Å²) >= 11 is 0. The Morgan fingerprint density at radius 2 is 1.36 bits per heavy atom. The van der Waals surface area contributed by atoms with E-state index in [2.05, 4.69) is 20.6 Å². The highest BCUT2D eigenvalue weighted by Crippen LogP contribution is 2.28. The smallest absolute Gasteiger partial charge is 0.142 e. The lowest BCUT2D eigenvalue weighted by Crippen LogP contribution is -2.18. The van der Waals surface area contributed by atoms with Crippen LogP contribution < -0.4 is 22.9 Å². The van der Waals surface area contributed by atoms with Crippen LogP contribution in [-0.2, 0) is 0 Å². The van der Waals surface area contributed by atoms with Crippen LogP contribution in [0, 0.1) is 11.8 Å². The van der Waals surface area contributed by atoms with Gasteiger partial charge in [0.05, 0.1) is 0 Å². The summed E-state index contributed by atoms with van der Waals surface area (Å²) in [5.41, 5.74) is 20.1. The summed E-state index contributed by atoms with van der Waals surface area (Å²) in [7, 11) is 0. The topological polar surface area (TPSA) is 234 Å². The number of oxime groups is 4. The standard InChI is InChI=1S/C4H8N2O.C4H10N2O.C3H8N2O.C2H6N2O/c5-4(6-7)3-1-2-3;1-3(2)4(5)6-7;1-2-3(4)5-6;1-2(3)4-5/h3,7H,1-2H2,(H2,5,6);3,7H,1-2H3,(H2,5,6);6H,2H2,1H3,(H2,4,5);5H,1H3,(H2,3,4). The zero-order valence-electron chi connectivity index (χ0n) is 15.2. The Labute approximate surface area is 147 Å². The van der Waals surface area contributed by atoms with Crippen LogP contribution in [0.4, 0.5) is 0 Å². The molecule has 0 bridgehead atoms. The first-order valence-corrected chi connectivity index (χ1v) is 7.46. The molecule has 1 fully saturated rings. The summed E-state index contributed by atoms with van der Waals surface area (Å²) in [6, 6.07) is 0. The van der Waals surface area contributed by atoms with Crippen molar-refractivity contribution < 1.29 is 20.8 Å². The first-order valence-electron chi connectivity index (χ1n) is 7.46. The largest absolute Gasteiger partial charge is 0.409 e. The first-order chi connectivity index (χ1) is 11.6. The van der Waals surface area contributed by atoms with Crippen molar-refractivity contribution >= 4 is 23.3 Å².